The van der Waals surface area contributed by atoms with Crippen LogP contribution in [0.15, 0.2) is 30.9 Å². The molecule has 0 amide bonds. The molecule has 3 heterocycles. The third kappa shape index (κ3) is 2.40. The van der Waals surface area contributed by atoms with Crippen molar-refractivity contribution in [2.75, 3.05) is 5.32 Å². The Morgan fingerprint density at radius 3 is 2.76 bits per heavy atom. The van der Waals surface area contributed by atoms with E-state index in [2.05, 4.69) is 25.5 Å². The number of thiazole rings is 1. The molecule has 0 unspecified atom stereocenters. The van der Waals surface area contributed by atoms with E-state index < -0.39 is 0 Å². The van der Waals surface area contributed by atoms with Crippen molar-refractivity contribution < 1.29 is 0 Å². The number of aromatic nitrogens is 5. The molecule has 0 saturated heterocycles. The lowest BCUT2D eigenvalue weighted by molar-refractivity contribution is 0.426. The maximum atomic E-state index is 4.72. The van der Waals surface area contributed by atoms with Crippen LogP contribution in [0.1, 0.15) is 30.1 Å². The molecule has 2 N–H and O–H groups in total. The van der Waals surface area contributed by atoms with Crippen molar-refractivity contribution in [3.8, 4) is 11.3 Å². The van der Waals surface area contributed by atoms with E-state index in [1.807, 2.05) is 12.4 Å². The van der Waals surface area contributed by atoms with Crippen LogP contribution in [-0.2, 0) is 0 Å². The van der Waals surface area contributed by atoms with Gasteiger partial charge in [0.1, 0.15) is 0 Å². The van der Waals surface area contributed by atoms with E-state index in [0.29, 0.717) is 11.9 Å². The molecule has 3 aromatic heterocycles. The van der Waals surface area contributed by atoms with Gasteiger partial charge in [-0.2, -0.15) is 5.10 Å². The quantitative estimate of drug-likeness (QED) is 0.772. The largest absolute Gasteiger partial charge is 0.300 e. The molecule has 6 nitrogen and oxygen atoms in total. The van der Waals surface area contributed by atoms with Crippen LogP contribution in [-0.4, -0.2) is 25.1 Å². The summed E-state index contributed by atoms with van der Waals surface area (Å²) in [6, 6.07) is 1.80. The summed E-state index contributed by atoms with van der Waals surface area (Å²) < 4.78 is 0. The second kappa shape index (κ2) is 5.25. The van der Waals surface area contributed by atoms with Crippen LogP contribution in [0.4, 0.5) is 11.1 Å². The second-order valence-corrected chi connectivity index (χ2v) is 6.07. The summed E-state index contributed by atoms with van der Waals surface area (Å²) in [5.41, 5.74) is 2.06. The van der Waals surface area contributed by atoms with Crippen LogP contribution in [0.5, 0.6) is 0 Å². The Kier molecular flexibility index (Phi) is 3.11. The average Bonchev–Trinajstić information content (AvgIpc) is 3.08. The van der Waals surface area contributed by atoms with Gasteiger partial charge in [-0.1, -0.05) is 6.42 Å². The van der Waals surface area contributed by atoms with E-state index >= 15 is 0 Å². The lowest BCUT2D eigenvalue weighted by Gasteiger charge is -2.24. The minimum Gasteiger partial charge on any atom is -0.300 e. The molecule has 0 spiro atoms. The molecule has 0 aromatic carbocycles. The summed E-state index contributed by atoms with van der Waals surface area (Å²) in [4.78, 5) is 14.4. The zero-order valence-electron chi connectivity index (χ0n) is 11.3. The summed E-state index contributed by atoms with van der Waals surface area (Å²) in [6.07, 6.45) is 10.9. The fourth-order valence-electron chi connectivity index (χ4n) is 2.38. The first-order valence-corrected chi connectivity index (χ1v) is 7.76. The number of nitrogens with zero attached hydrogens (tertiary/aromatic N) is 4. The third-order valence-electron chi connectivity index (χ3n) is 3.69. The van der Waals surface area contributed by atoms with Gasteiger partial charge in [0.25, 0.3) is 0 Å². The maximum absolute atomic E-state index is 4.72. The molecular weight excluding hydrogens is 284 g/mol. The Hall–Kier alpha value is -2.28. The van der Waals surface area contributed by atoms with Crippen molar-refractivity contribution in [1.29, 1.82) is 0 Å². The molecule has 7 heteroatoms. The van der Waals surface area contributed by atoms with E-state index in [0.717, 1.165) is 16.4 Å². The highest BCUT2D eigenvalue weighted by atomic mass is 32.1. The molecule has 21 heavy (non-hydrogen) atoms. The molecule has 1 aliphatic carbocycles. The first kappa shape index (κ1) is 12.5. The molecule has 4 rings (SSSR count). The van der Waals surface area contributed by atoms with Crippen LogP contribution in [0.3, 0.4) is 0 Å². The van der Waals surface area contributed by atoms with Crippen molar-refractivity contribution in [1.82, 2.24) is 25.1 Å². The molecule has 3 aromatic rings. The standard InChI is InChI=1S/C14H14N6S/c1-3-9(4-1)12-11(10-7-17-18-8-10)19-14(21-12)20-13-15-5-2-6-16-13/h2,5-9H,1,3-4H2,(H,17,18)(H,15,16,19,20). The highest BCUT2D eigenvalue weighted by molar-refractivity contribution is 7.16. The molecule has 1 saturated carbocycles. The fourth-order valence-corrected chi connectivity index (χ4v) is 3.53. The van der Waals surface area contributed by atoms with Crippen molar-refractivity contribution in [3.05, 3.63) is 35.7 Å². The number of H-pyrrole nitrogens is 1. The van der Waals surface area contributed by atoms with Crippen molar-refractivity contribution >= 4 is 22.4 Å². The summed E-state index contributed by atoms with van der Waals surface area (Å²) in [5.74, 6) is 1.20. The van der Waals surface area contributed by atoms with Crippen molar-refractivity contribution in [3.63, 3.8) is 0 Å². The molecule has 1 aliphatic rings. The summed E-state index contributed by atoms with van der Waals surface area (Å²) in [6.45, 7) is 0. The molecule has 106 valence electrons. The summed E-state index contributed by atoms with van der Waals surface area (Å²) in [5, 5.41) is 10.9. The summed E-state index contributed by atoms with van der Waals surface area (Å²) in [7, 11) is 0. The van der Waals surface area contributed by atoms with Gasteiger partial charge in [-0.3, -0.25) is 5.10 Å². The minimum absolute atomic E-state index is 0.574. The zero-order valence-corrected chi connectivity index (χ0v) is 12.1. The Balaban J connectivity index is 1.69. The molecule has 0 bridgehead atoms. The highest BCUT2D eigenvalue weighted by Crippen LogP contribution is 2.45. The monoisotopic (exact) mass is 298 g/mol. The van der Waals surface area contributed by atoms with Gasteiger partial charge in [-0.15, -0.1) is 11.3 Å². The first-order chi connectivity index (χ1) is 10.4. The predicted octanol–water partition coefficient (Wildman–Crippen LogP) is 3.33. The van der Waals surface area contributed by atoms with Gasteiger partial charge in [-0.05, 0) is 24.8 Å². The van der Waals surface area contributed by atoms with E-state index in [4.69, 9.17) is 4.98 Å². The van der Waals surface area contributed by atoms with E-state index in [-0.39, 0.29) is 0 Å². The number of hydrogen-bond donors (Lipinski definition) is 2. The van der Waals surface area contributed by atoms with Crippen molar-refractivity contribution in [2.45, 2.75) is 25.2 Å². The van der Waals surface area contributed by atoms with Gasteiger partial charge in [-0.25, -0.2) is 15.0 Å². The normalized spacial score (nSPS) is 14.9. The zero-order chi connectivity index (χ0) is 14.1. The van der Waals surface area contributed by atoms with Gasteiger partial charge >= 0.3 is 0 Å². The Bertz CT molecular complexity index is 717. The second-order valence-electron chi connectivity index (χ2n) is 5.04. The highest BCUT2D eigenvalue weighted by Gasteiger charge is 2.27. The topological polar surface area (TPSA) is 79.4 Å². The van der Waals surface area contributed by atoms with E-state index in [1.165, 1.54) is 24.1 Å². The van der Waals surface area contributed by atoms with E-state index in [1.54, 1.807) is 29.8 Å². The molecule has 0 radical (unpaired) electrons. The number of nitrogens with one attached hydrogen (secondary N) is 2. The fraction of sp³-hybridized carbons (Fsp3) is 0.286. The van der Waals surface area contributed by atoms with Crippen LogP contribution in [0.2, 0.25) is 0 Å². The SMILES string of the molecule is c1cnc(Nc2nc(-c3cn[nH]c3)c(C3CCC3)s2)nc1. The lowest BCUT2D eigenvalue weighted by atomic mass is 9.83. The Morgan fingerprint density at radius 2 is 2.10 bits per heavy atom. The molecule has 1 fully saturated rings. The van der Waals surface area contributed by atoms with Gasteiger partial charge in [0.2, 0.25) is 5.95 Å². The van der Waals surface area contributed by atoms with E-state index in [9.17, 15) is 0 Å². The predicted molar refractivity (Wildman–Crippen MR) is 81.6 cm³/mol. The van der Waals surface area contributed by atoms with Crippen LogP contribution in [0, 0.1) is 0 Å². The van der Waals surface area contributed by atoms with Crippen molar-refractivity contribution in [2.24, 2.45) is 0 Å². The van der Waals surface area contributed by atoms with Crippen LogP contribution >= 0.6 is 11.3 Å². The summed E-state index contributed by atoms with van der Waals surface area (Å²) >= 11 is 1.69. The number of anilines is 2. The maximum Gasteiger partial charge on any atom is 0.228 e. The minimum atomic E-state index is 0.574. The number of aromatic amines is 1. The average molecular weight is 298 g/mol. The van der Waals surface area contributed by atoms with Gasteiger partial charge in [0.05, 0.1) is 11.9 Å². The molecular formula is C14H14N6S. The Morgan fingerprint density at radius 1 is 1.24 bits per heavy atom. The smallest absolute Gasteiger partial charge is 0.228 e. The first-order valence-electron chi connectivity index (χ1n) is 6.94. The Labute approximate surface area is 125 Å². The lowest BCUT2D eigenvalue weighted by Crippen LogP contribution is -2.07. The van der Waals surface area contributed by atoms with Gasteiger partial charge in [0.15, 0.2) is 5.13 Å². The van der Waals surface area contributed by atoms with Gasteiger partial charge in [0, 0.05) is 29.0 Å². The van der Waals surface area contributed by atoms with Gasteiger partial charge < -0.3 is 5.32 Å². The van der Waals surface area contributed by atoms with Crippen LogP contribution < -0.4 is 5.32 Å². The van der Waals surface area contributed by atoms with Crippen LogP contribution in [0.25, 0.3) is 11.3 Å². The third-order valence-corrected chi connectivity index (χ3v) is 4.82. The number of hydrogen-bond acceptors (Lipinski definition) is 6. The molecule has 0 atom stereocenters. The number of rotatable bonds is 4. The molecule has 0 aliphatic heterocycles.